The van der Waals surface area contributed by atoms with E-state index in [1.807, 2.05) is 0 Å². The minimum absolute atomic E-state index is 0.150. The Kier molecular flexibility index (Phi) is 4.16. The molecule has 1 unspecified atom stereocenters. The molecule has 2 rings (SSSR count). The van der Waals surface area contributed by atoms with Crippen LogP contribution in [0.25, 0.3) is 10.8 Å². The van der Waals surface area contributed by atoms with E-state index in [-0.39, 0.29) is 17.9 Å². The molecule has 0 aromatic heterocycles. The second-order valence-corrected chi connectivity index (χ2v) is 4.91. The van der Waals surface area contributed by atoms with Gasteiger partial charge in [0.15, 0.2) is 6.10 Å². The Morgan fingerprint density at radius 2 is 2.10 bits per heavy atom. The molecule has 0 aliphatic heterocycles. The first kappa shape index (κ1) is 14.6. The predicted octanol–water partition coefficient (Wildman–Crippen LogP) is 3.10. The highest BCUT2D eigenvalue weighted by atomic mass is 35.5. The quantitative estimate of drug-likeness (QED) is 0.854. The predicted molar refractivity (Wildman–Crippen MR) is 77.0 cm³/mol. The maximum atomic E-state index is 11.6. The minimum atomic E-state index is -1.52. The lowest BCUT2D eigenvalue weighted by Crippen LogP contribution is -2.16. The number of hydrogen-bond acceptors (Lipinski definition) is 4. The molecule has 0 fully saturated rings. The summed E-state index contributed by atoms with van der Waals surface area (Å²) in [7, 11) is 0. The van der Waals surface area contributed by atoms with Crippen molar-refractivity contribution < 1.29 is 19.7 Å². The topological polar surface area (TPSA) is 66.8 Å². The van der Waals surface area contributed by atoms with Crippen molar-refractivity contribution >= 4 is 28.3 Å². The minimum Gasteiger partial charge on any atom is -0.507 e. The molecule has 1 atom stereocenters. The van der Waals surface area contributed by atoms with Gasteiger partial charge in [0, 0.05) is 16.0 Å². The number of aliphatic hydroxyl groups excluding tert-OH is 1. The Labute approximate surface area is 121 Å². The van der Waals surface area contributed by atoms with Crippen LogP contribution < -0.4 is 0 Å². The van der Waals surface area contributed by atoms with Crippen molar-refractivity contribution in [1.29, 1.82) is 0 Å². The van der Waals surface area contributed by atoms with Crippen LogP contribution in [0.15, 0.2) is 24.3 Å². The third-order valence-electron chi connectivity index (χ3n) is 3.11. The molecule has 0 aliphatic carbocycles. The van der Waals surface area contributed by atoms with Crippen LogP contribution in [-0.2, 0) is 9.53 Å². The lowest BCUT2D eigenvalue weighted by atomic mass is 9.96. The summed E-state index contributed by atoms with van der Waals surface area (Å²) in [4.78, 5) is 11.6. The van der Waals surface area contributed by atoms with Crippen molar-refractivity contribution in [3.63, 3.8) is 0 Å². The fraction of sp³-hybridized carbons (Fsp3) is 0.267. The number of ether oxygens (including phenoxy) is 1. The lowest BCUT2D eigenvalue weighted by Gasteiger charge is -2.16. The largest absolute Gasteiger partial charge is 0.507 e. The van der Waals surface area contributed by atoms with Gasteiger partial charge < -0.3 is 14.9 Å². The van der Waals surface area contributed by atoms with Crippen LogP contribution in [0.1, 0.15) is 24.2 Å². The van der Waals surface area contributed by atoms with E-state index >= 15 is 0 Å². The number of carbonyl (C=O) groups excluding carboxylic acids is 1. The molecule has 2 aromatic carbocycles. The van der Waals surface area contributed by atoms with Crippen LogP contribution in [0, 0.1) is 6.92 Å². The first-order valence-corrected chi connectivity index (χ1v) is 6.60. The van der Waals surface area contributed by atoms with Crippen molar-refractivity contribution in [2.24, 2.45) is 0 Å². The number of aliphatic hydroxyl groups is 1. The Hall–Kier alpha value is -1.78. The Morgan fingerprint density at radius 3 is 2.75 bits per heavy atom. The van der Waals surface area contributed by atoms with Gasteiger partial charge in [-0.15, -0.1) is 0 Å². The molecule has 20 heavy (non-hydrogen) atoms. The summed E-state index contributed by atoms with van der Waals surface area (Å²) < 4.78 is 4.78. The van der Waals surface area contributed by atoms with Crippen LogP contribution in [0.4, 0.5) is 0 Å². The van der Waals surface area contributed by atoms with Gasteiger partial charge in [-0.2, -0.15) is 0 Å². The van der Waals surface area contributed by atoms with E-state index in [1.165, 1.54) is 0 Å². The molecule has 2 aromatic rings. The van der Waals surface area contributed by atoms with Gasteiger partial charge in [0.1, 0.15) is 5.75 Å². The normalized spacial score (nSPS) is 12.4. The zero-order chi connectivity index (χ0) is 14.9. The lowest BCUT2D eigenvalue weighted by molar-refractivity contribution is -0.153. The maximum absolute atomic E-state index is 11.6. The zero-order valence-electron chi connectivity index (χ0n) is 11.2. The average molecular weight is 295 g/mol. The molecule has 0 spiro atoms. The summed E-state index contributed by atoms with van der Waals surface area (Å²) in [5.74, 6) is -0.935. The molecule has 0 heterocycles. The number of fused-ring (bicyclic) bond motifs is 1. The SMILES string of the molecule is CCOC(=O)C(O)c1c(C)cc2ccc(Cl)cc2c1O. The number of aromatic hydroxyl groups is 1. The zero-order valence-corrected chi connectivity index (χ0v) is 11.9. The summed E-state index contributed by atoms with van der Waals surface area (Å²) in [5, 5.41) is 22.1. The van der Waals surface area contributed by atoms with Gasteiger partial charge in [-0.25, -0.2) is 4.79 Å². The van der Waals surface area contributed by atoms with Crippen molar-refractivity contribution in [3.05, 3.63) is 40.4 Å². The van der Waals surface area contributed by atoms with E-state index in [0.29, 0.717) is 16.0 Å². The van der Waals surface area contributed by atoms with Gasteiger partial charge in [-0.1, -0.05) is 23.7 Å². The molecule has 106 valence electrons. The van der Waals surface area contributed by atoms with Gasteiger partial charge in [-0.3, -0.25) is 0 Å². The van der Waals surface area contributed by atoms with Crippen LogP contribution in [-0.4, -0.2) is 22.8 Å². The highest BCUT2D eigenvalue weighted by Gasteiger charge is 2.25. The standard InChI is InChI=1S/C15H15ClO4/c1-3-20-15(19)14(18)12-8(2)6-9-4-5-10(16)7-11(9)13(12)17/h4-7,14,17-18H,3H2,1-2H3. The molecule has 0 bridgehead atoms. The van der Waals surface area contributed by atoms with E-state index in [4.69, 9.17) is 16.3 Å². The fourth-order valence-electron chi connectivity index (χ4n) is 2.19. The summed E-state index contributed by atoms with van der Waals surface area (Å²) in [5.41, 5.74) is 0.760. The van der Waals surface area contributed by atoms with Gasteiger partial charge in [0.2, 0.25) is 0 Å². The summed E-state index contributed by atoms with van der Waals surface area (Å²) >= 11 is 5.91. The second-order valence-electron chi connectivity index (χ2n) is 4.48. The van der Waals surface area contributed by atoms with Crippen molar-refractivity contribution in [1.82, 2.24) is 0 Å². The number of aryl methyl sites for hydroxylation is 1. The monoisotopic (exact) mass is 294 g/mol. The van der Waals surface area contributed by atoms with Crippen LogP contribution >= 0.6 is 11.6 Å². The van der Waals surface area contributed by atoms with Crippen molar-refractivity contribution in [2.45, 2.75) is 20.0 Å². The van der Waals surface area contributed by atoms with Gasteiger partial charge in [0.05, 0.1) is 6.61 Å². The molecule has 4 nitrogen and oxygen atoms in total. The van der Waals surface area contributed by atoms with Crippen molar-refractivity contribution in [3.8, 4) is 5.75 Å². The van der Waals surface area contributed by atoms with Crippen LogP contribution in [0.3, 0.4) is 0 Å². The number of esters is 1. The number of phenolic OH excluding ortho intramolecular Hbond substituents is 1. The van der Waals surface area contributed by atoms with E-state index < -0.39 is 12.1 Å². The molecule has 5 heteroatoms. The Morgan fingerprint density at radius 1 is 1.40 bits per heavy atom. The first-order chi connectivity index (χ1) is 9.45. The highest BCUT2D eigenvalue weighted by molar-refractivity contribution is 6.31. The molecule has 0 radical (unpaired) electrons. The molecule has 0 saturated heterocycles. The molecular weight excluding hydrogens is 280 g/mol. The molecule has 0 saturated carbocycles. The second kappa shape index (κ2) is 5.69. The summed E-state index contributed by atoms with van der Waals surface area (Å²) in [6.07, 6.45) is -1.52. The number of phenols is 1. The van der Waals surface area contributed by atoms with Crippen molar-refractivity contribution in [2.75, 3.05) is 6.61 Å². The number of halogens is 1. The third kappa shape index (κ3) is 2.57. The number of hydrogen-bond donors (Lipinski definition) is 2. The Bertz CT molecular complexity index is 666. The van der Waals surface area contributed by atoms with Gasteiger partial charge in [-0.05, 0) is 36.9 Å². The molecule has 0 amide bonds. The average Bonchev–Trinajstić information content (AvgIpc) is 2.40. The van der Waals surface area contributed by atoms with E-state index in [1.54, 1.807) is 38.1 Å². The molecular formula is C15H15ClO4. The molecule has 2 N–H and O–H groups in total. The Balaban J connectivity index is 2.61. The third-order valence-corrected chi connectivity index (χ3v) is 3.34. The molecule has 0 aliphatic rings. The number of benzene rings is 2. The first-order valence-electron chi connectivity index (χ1n) is 6.22. The van der Waals surface area contributed by atoms with E-state index in [0.717, 1.165) is 5.39 Å². The maximum Gasteiger partial charge on any atom is 0.339 e. The van der Waals surface area contributed by atoms with E-state index in [9.17, 15) is 15.0 Å². The van der Waals surface area contributed by atoms with Gasteiger partial charge >= 0.3 is 5.97 Å². The summed E-state index contributed by atoms with van der Waals surface area (Å²) in [6.45, 7) is 3.53. The van der Waals surface area contributed by atoms with Crippen LogP contribution in [0.5, 0.6) is 5.75 Å². The summed E-state index contributed by atoms with van der Waals surface area (Å²) in [6, 6.07) is 6.85. The number of rotatable bonds is 3. The fourth-order valence-corrected chi connectivity index (χ4v) is 2.36. The smallest absolute Gasteiger partial charge is 0.339 e. The number of carbonyl (C=O) groups is 1. The van der Waals surface area contributed by atoms with Crippen LogP contribution in [0.2, 0.25) is 5.02 Å². The van der Waals surface area contributed by atoms with Gasteiger partial charge in [0.25, 0.3) is 0 Å². The highest BCUT2D eigenvalue weighted by Crippen LogP contribution is 2.37. The van der Waals surface area contributed by atoms with E-state index in [2.05, 4.69) is 0 Å².